The van der Waals surface area contributed by atoms with Gasteiger partial charge in [-0.1, -0.05) is 161 Å². The van der Waals surface area contributed by atoms with Crippen molar-refractivity contribution in [3.8, 4) is 45.3 Å². The van der Waals surface area contributed by atoms with Crippen molar-refractivity contribution in [3.63, 3.8) is 0 Å². The third-order valence-corrected chi connectivity index (χ3v) is 10.0. The number of pyridine rings is 3. The van der Waals surface area contributed by atoms with Crippen molar-refractivity contribution in [1.82, 2.24) is 23.8 Å². The van der Waals surface area contributed by atoms with E-state index in [-0.39, 0.29) is 21.1 Å². The molecule has 0 aliphatic carbocycles. The normalized spacial score (nSPS) is 11.6. The molecule has 0 saturated heterocycles. The minimum Gasteiger partial charge on any atom is -0.497 e. The number of benzene rings is 6. The van der Waals surface area contributed by atoms with Gasteiger partial charge in [0.2, 0.25) is 0 Å². The summed E-state index contributed by atoms with van der Waals surface area (Å²) in [5.74, 6) is 1.14. The fourth-order valence-electron chi connectivity index (χ4n) is 7.62. The molecule has 11 aromatic rings. The van der Waals surface area contributed by atoms with E-state index in [0.717, 1.165) is 88.5 Å². The molecule has 0 amide bonds. The Morgan fingerprint density at radius 1 is 0.426 bits per heavy atom. The molecule has 0 saturated carbocycles. The van der Waals surface area contributed by atoms with E-state index in [2.05, 4.69) is 118 Å². The maximum Gasteiger partial charge on any atom is 2.00 e. The van der Waals surface area contributed by atoms with Crippen LogP contribution in [0.5, 0.6) is 11.5 Å². The second-order valence-corrected chi connectivity index (χ2v) is 13.1. The van der Waals surface area contributed by atoms with Crippen LogP contribution in [0.1, 0.15) is 0 Å². The van der Waals surface area contributed by atoms with Crippen molar-refractivity contribution in [2.75, 3.05) is 0 Å². The summed E-state index contributed by atoms with van der Waals surface area (Å²) < 4.78 is 10.9. The summed E-state index contributed by atoms with van der Waals surface area (Å²) >= 11 is 0. The second kappa shape index (κ2) is 12.8. The van der Waals surface area contributed by atoms with Crippen molar-refractivity contribution in [1.29, 1.82) is 0 Å². The zero-order valence-electron chi connectivity index (χ0n) is 28.5. The topological polar surface area (TPSA) is 56.7 Å². The molecule has 6 aromatic carbocycles. The Balaban J connectivity index is 0.00000361. The van der Waals surface area contributed by atoms with Gasteiger partial charge < -0.3 is 13.5 Å². The number of fused-ring (bicyclic) bond motifs is 12. The molecule has 5 heterocycles. The molecule has 256 valence electrons. The monoisotopic (exact) mass is 872 g/mol. The molecule has 6 nitrogen and oxygen atoms in total. The zero-order valence-corrected chi connectivity index (χ0v) is 30.8. The van der Waals surface area contributed by atoms with Gasteiger partial charge >= 0.3 is 21.1 Å². The van der Waals surface area contributed by atoms with E-state index < -0.39 is 0 Å². The largest absolute Gasteiger partial charge is 2.00 e. The van der Waals surface area contributed by atoms with Crippen LogP contribution >= 0.6 is 0 Å². The number of para-hydroxylation sites is 1. The summed E-state index contributed by atoms with van der Waals surface area (Å²) in [7, 11) is 0. The van der Waals surface area contributed by atoms with Gasteiger partial charge in [0.25, 0.3) is 0 Å². The van der Waals surface area contributed by atoms with Gasteiger partial charge in [-0.05, 0) is 34.0 Å². The van der Waals surface area contributed by atoms with Crippen molar-refractivity contribution >= 4 is 54.8 Å². The number of hydrogen-bond donors (Lipinski definition) is 0. The van der Waals surface area contributed by atoms with E-state index in [0.29, 0.717) is 11.5 Å². The number of imidazole rings is 2. The van der Waals surface area contributed by atoms with E-state index >= 15 is 0 Å². The van der Waals surface area contributed by atoms with Crippen LogP contribution in [0.4, 0.5) is 0 Å². The molecule has 0 atom stereocenters. The quantitative estimate of drug-likeness (QED) is 0.128. The first-order valence-corrected chi connectivity index (χ1v) is 17.5. The molecular formula is C47H27N5OPt. The van der Waals surface area contributed by atoms with E-state index in [1.54, 1.807) is 0 Å². The SMILES string of the molecule is [Pt+2].[c-]1c(Oc2[c-]c3c(cc2)c2ccc(-c4ccccc4)nc2n2c(-c4ccccc4)cnc32)ccc2c1c1ncc(-c3ccccc3)n1c1ccccc21. The Labute approximate surface area is 324 Å². The summed E-state index contributed by atoms with van der Waals surface area (Å²) in [5.41, 5.74) is 9.61. The molecule has 0 fully saturated rings. The minimum atomic E-state index is 0. The van der Waals surface area contributed by atoms with Crippen LogP contribution in [0.15, 0.2) is 164 Å². The zero-order chi connectivity index (χ0) is 34.9. The predicted molar refractivity (Wildman–Crippen MR) is 212 cm³/mol. The molecule has 5 aromatic heterocycles. The fourth-order valence-corrected chi connectivity index (χ4v) is 7.62. The average molecular weight is 873 g/mol. The molecule has 0 spiro atoms. The van der Waals surface area contributed by atoms with E-state index in [9.17, 15) is 0 Å². The van der Waals surface area contributed by atoms with Crippen LogP contribution in [0, 0.1) is 12.1 Å². The van der Waals surface area contributed by atoms with Crippen molar-refractivity contribution < 1.29 is 25.8 Å². The van der Waals surface area contributed by atoms with Crippen molar-refractivity contribution in [2.24, 2.45) is 0 Å². The molecule has 0 bridgehead atoms. The fraction of sp³-hybridized carbons (Fsp3) is 0. The first-order valence-electron chi connectivity index (χ1n) is 17.5. The molecule has 7 heteroatoms. The molecule has 0 radical (unpaired) electrons. The standard InChI is InChI=1S/C47H27N5O.Pt/c1-4-12-30(13-5-1)41-25-24-38-36-23-21-34(27-40(36)46-49-29-44(52(46)47(38)50-41)32-16-8-3-9-17-32)53-33-20-22-35-37-18-10-11-19-42(37)51-43(31-14-6-2-7-15-31)28-48-45(51)39(35)26-33;/h1-25,28-29H;/q-2;+2. The Hall–Kier alpha value is -6.62. The van der Waals surface area contributed by atoms with E-state index in [1.807, 2.05) is 67.0 Å². The van der Waals surface area contributed by atoms with Gasteiger partial charge in [0.1, 0.15) is 5.65 Å². The number of hydrogen-bond acceptors (Lipinski definition) is 4. The summed E-state index contributed by atoms with van der Waals surface area (Å²) in [4.78, 5) is 15.1. The Bertz CT molecular complexity index is 3190. The Kier molecular flexibility index (Phi) is 7.60. The van der Waals surface area contributed by atoms with E-state index in [1.165, 1.54) is 0 Å². The smallest absolute Gasteiger partial charge is 0.497 e. The number of rotatable bonds is 5. The number of aromatic nitrogens is 5. The van der Waals surface area contributed by atoms with Crippen LogP contribution in [-0.2, 0) is 21.1 Å². The average Bonchev–Trinajstić information content (AvgIpc) is 3.89. The third kappa shape index (κ3) is 5.02. The molecule has 0 N–H and O–H groups in total. The van der Waals surface area contributed by atoms with Crippen LogP contribution in [-0.4, -0.2) is 23.8 Å². The minimum absolute atomic E-state index is 0. The van der Waals surface area contributed by atoms with Crippen LogP contribution in [0.3, 0.4) is 0 Å². The van der Waals surface area contributed by atoms with Crippen molar-refractivity contribution in [3.05, 3.63) is 176 Å². The Morgan fingerprint density at radius 3 is 1.56 bits per heavy atom. The van der Waals surface area contributed by atoms with E-state index in [4.69, 9.17) is 19.7 Å². The number of nitrogens with zero attached hydrogens (tertiary/aromatic N) is 5. The second-order valence-electron chi connectivity index (χ2n) is 13.1. The van der Waals surface area contributed by atoms with Crippen molar-refractivity contribution in [2.45, 2.75) is 0 Å². The van der Waals surface area contributed by atoms with Gasteiger partial charge in [-0.3, -0.25) is 9.97 Å². The molecule has 0 aliphatic heterocycles. The molecule has 54 heavy (non-hydrogen) atoms. The third-order valence-electron chi connectivity index (χ3n) is 10.0. The van der Waals surface area contributed by atoms with Gasteiger partial charge in [0.05, 0.1) is 28.4 Å². The summed E-state index contributed by atoms with van der Waals surface area (Å²) in [6.45, 7) is 0. The van der Waals surface area contributed by atoms with Gasteiger partial charge in [-0.2, -0.15) is 0 Å². The maximum atomic E-state index is 6.58. The first-order chi connectivity index (χ1) is 26.3. The predicted octanol–water partition coefficient (Wildman–Crippen LogP) is 11.4. The van der Waals surface area contributed by atoms with Crippen LogP contribution in [0.2, 0.25) is 0 Å². The summed E-state index contributed by atoms with van der Waals surface area (Å²) in [5, 5.41) is 5.93. The molecular weight excluding hydrogens is 846 g/mol. The molecule has 0 unspecified atom stereocenters. The summed E-state index contributed by atoms with van der Waals surface area (Å²) in [6.07, 6.45) is 3.86. The molecule has 0 aliphatic rings. The molecule has 11 rings (SSSR count). The Morgan fingerprint density at radius 2 is 0.926 bits per heavy atom. The van der Waals surface area contributed by atoms with Gasteiger partial charge in [0.15, 0.2) is 0 Å². The van der Waals surface area contributed by atoms with Gasteiger partial charge in [0, 0.05) is 35.0 Å². The first kappa shape index (κ1) is 32.1. The maximum absolute atomic E-state index is 6.58. The van der Waals surface area contributed by atoms with Crippen LogP contribution in [0.25, 0.3) is 88.5 Å². The van der Waals surface area contributed by atoms with Crippen LogP contribution < -0.4 is 4.74 Å². The number of ether oxygens (including phenoxy) is 1. The van der Waals surface area contributed by atoms with Gasteiger partial charge in [-0.15, -0.1) is 12.1 Å². The van der Waals surface area contributed by atoms with Gasteiger partial charge in [-0.25, -0.2) is 4.98 Å². The summed E-state index contributed by atoms with van der Waals surface area (Å²) in [6, 6.07) is 58.9.